The van der Waals surface area contributed by atoms with E-state index in [1.54, 1.807) is 30.7 Å². The van der Waals surface area contributed by atoms with Gasteiger partial charge in [0.05, 0.1) is 17.9 Å². The quantitative estimate of drug-likeness (QED) is 0.458. The third kappa shape index (κ3) is 4.91. The molecule has 0 bridgehead atoms. The largest absolute Gasteiger partial charge is 0.353 e. The van der Waals surface area contributed by atoms with Crippen LogP contribution in [0.25, 0.3) is 22.5 Å². The van der Waals surface area contributed by atoms with Crippen LogP contribution in [0.2, 0.25) is 0 Å². The van der Waals surface area contributed by atoms with Crippen molar-refractivity contribution in [2.45, 2.75) is 32.9 Å². The summed E-state index contributed by atoms with van der Waals surface area (Å²) in [5, 5.41) is 7.65. The molecule has 3 aromatic heterocycles. The van der Waals surface area contributed by atoms with E-state index in [-0.39, 0.29) is 24.2 Å². The summed E-state index contributed by atoms with van der Waals surface area (Å²) < 4.78 is 17.0. The molecule has 0 saturated carbocycles. The smallest absolute Gasteiger partial charge is 0.240 e. The molecule has 0 saturated heterocycles. The van der Waals surface area contributed by atoms with Crippen molar-refractivity contribution in [1.82, 2.24) is 29.6 Å². The van der Waals surface area contributed by atoms with Crippen molar-refractivity contribution in [1.29, 1.82) is 0 Å². The summed E-state index contributed by atoms with van der Waals surface area (Å²) in [4.78, 5) is 21.0. The predicted octanol–water partition coefficient (Wildman–Crippen LogP) is 3.89. The lowest BCUT2D eigenvalue weighted by Gasteiger charge is -2.11. The highest BCUT2D eigenvalue weighted by atomic mass is 19.1. The average Bonchev–Trinajstić information content (AvgIpc) is 3.42. The number of benzene rings is 1. The van der Waals surface area contributed by atoms with E-state index in [4.69, 9.17) is 5.10 Å². The molecule has 0 radical (unpaired) electrons. The van der Waals surface area contributed by atoms with Gasteiger partial charge in [-0.05, 0) is 42.5 Å². The number of rotatable bonds is 8. The lowest BCUT2D eigenvalue weighted by molar-refractivity contribution is -0.121. The Bertz CT molecular complexity index is 1180. The van der Waals surface area contributed by atoms with E-state index in [1.165, 1.54) is 12.1 Å². The van der Waals surface area contributed by atoms with Gasteiger partial charge in [-0.15, -0.1) is 0 Å². The van der Waals surface area contributed by atoms with Gasteiger partial charge in [-0.2, -0.15) is 5.10 Å². The fourth-order valence-corrected chi connectivity index (χ4v) is 3.56. The van der Waals surface area contributed by atoms with E-state index in [0.717, 1.165) is 28.3 Å². The Kier molecular flexibility index (Phi) is 6.39. The monoisotopic (exact) mass is 432 g/mol. The fourth-order valence-electron chi connectivity index (χ4n) is 3.56. The van der Waals surface area contributed by atoms with Gasteiger partial charge in [0, 0.05) is 48.4 Å². The molecule has 0 aliphatic heterocycles. The van der Waals surface area contributed by atoms with Crippen LogP contribution in [0.4, 0.5) is 4.39 Å². The summed E-state index contributed by atoms with van der Waals surface area (Å²) in [5.41, 5.74) is 3.35. The van der Waals surface area contributed by atoms with Crippen molar-refractivity contribution < 1.29 is 9.18 Å². The molecule has 0 atom stereocenters. The number of halogens is 1. The maximum absolute atomic E-state index is 13.3. The Morgan fingerprint density at radius 3 is 2.66 bits per heavy atom. The standard InChI is InChI=1S/C24H25FN6O/c1-17(2)24-28-10-12-30(24)16-23(32)27-11-13-31-22(19-4-3-9-26-15-19)14-21(29-31)18-5-7-20(25)8-6-18/h3-10,12,14-15,17H,11,13,16H2,1-2H3,(H,27,32). The zero-order valence-electron chi connectivity index (χ0n) is 18.1. The van der Waals surface area contributed by atoms with E-state index in [1.807, 2.05) is 47.5 Å². The highest BCUT2D eigenvalue weighted by Crippen LogP contribution is 2.26. The van der Waals surface area contributed by atoms with E-state index >= 15 is 0 Å². The van der Waals surface area contributed by atoms with Crippen LogP contribution in [0.3, 0.4) is 0 Å². The summed E-state index contributed by atoms with van der Waals surface area (Å²) in [6.45, 7) is 5.23. The van der Waals surface area contributed by atoms with Crippen molar-refractivity contribution in [3.8, 4) is 22.5 Å². The van der Waals surface area contributed by atoms with Crippen LogP contribution < -0.4 is 5.32 Å². The summed E-state index contributed by atoms with van der Waals surface area (Å²) in [6.07, 6.45) is 7.02. The van der Waals surface area contributed by atoms with Gasteiger partial charge >= 0.3 is 0 Å². The number of nitrogens with one attached hydrogen (secondary N) is 1. The second-order valence-electron chi connectivity index (χ2n) is 7.80. The summed E-state index contributed by atoms with van der Waals surface area (Å²) >= 11 is 0. The van der Waals surface area contributed by atoms with Crippen LogP contribution in [0.5, 0.6) is 0 Å². The van der Waals surface area contributed by atoms with E-state index in [2.05, 4.69) is 15.3 Å². The van der Waals surface area contributed by atoms with Crippen LogP contribution >= 0.6 is 0 Å². The first kappa shape index (κ1) is 21.4. The molecular formula is C24H25FN6O. The van der Waals surface area contributed by atoms with Gasteiger partial charge in [-0.3, -0.25) is 14.5 Å². The van der Waals surface area contributed by atoms with Gasteiger partial charge in [0.2, 0.25) is 5.91 Å². The van der Waals surface area contributed by atoms with Crippen molar-refractivity contribution >= 4 is 5.91 Å². The zero-order valence-corrected chi connectivity index (χ0v) is 18.1. The molecule has 1 amide bonds. The minimum atomic E-state index is -0.290. The number of imidazole rings is 1. The number of carbonyl (C=O) groups excluding carboxylic acids is 1. The number of hydrogen-bond acceptors (Lipinski definition) is 4. The molecule has 7 nitrogen and oxygen atoms in total. The number of aromatic nitrogens is 5. The van der Waals surface area contributed by atoms with Gasteiger partial charge in [0.1, 0.15) is 18.2 Å². The number of nitrogens with zero attached hydrogens (tertiary/aromatic N) is 5. The molecule has 3 heterocycles. The first-order valence-electron chi connectivity index (χ1n) is 10.5. The van der Waals surface area contributed by atoms with E-state index in [0.29, 0.717) is 13.1 Å². The molecule has 0 fully saturated rings. The molecule has 0 unspecified atom stereocenters. The zero-order chi connectivity index (χ0) is 22.5. The molecule has 0 spiro atoms. The highest BCUT2D eigenvalue weighted by molar-refractivity contribution is 5.75. The lowest BCUT2D eigenvalue weighted by Crippen LogP contribution is -2.31. The normalized spacial score (nSPS) is 11.1. The second-order valence-corrected chi connectivity index (χ2v) is 7.80. The fraction of sp³-hybridized carbons (Fsp3) is 0.250. The van der Waals surface area contributed by atoms with Crippen LogP contribution in [-0.4, -0.2) is 36.8 Å². The molecule has 1 aromatic carbocycles. The highest BCUT2D eigenvalue weighted by Gasteiger charge is 2.13. The van der Waals surface area contributed by atoms with Crippen LogP contribution in [0, 0.1) is 5.82 Å². The summed E-state index contributed by atoms with van der Waals surface area (Å²) in [7, 11) is 0. The Balaban J connectivity index is 1.48. The SMILES string of the molecule is CC(C)c1nccn1CC(=O)NCCn1nc(-c2ccc(F)cc2)cc1-c1cccnc1. The number of amides is 1. The first-order chi connectivity index (χ1) is 15.5. The van der Waals surface area contributed by atoms with Crippen LogP contribution in [0.1, 0.15) is 25.6 Å². The lowest BCUT2D eigenvalue weighted by atomic mass is 10.1. The third-order valence-electron chi connectivity index (χ3n) is 5.10. The second kappa shape index (κ2) is 9.55. The van der Waals surface area contributed by atoms with Gasteiger partial charge in [0.25, 0.3) is 0 Å². The molecule has 0 aliphatic carbocycles. The summed E-state index contributed by atoms with van der Waals surface area (Å²) in [5.74, 6) is 0.754. The average molecular weight is 433 g/mol. The minimum Gasteiger partial charge on any atom is -0.353 e. The molecule has 32 heavy (non-hydrogen) atoms. The maximum Gasteiger partial charge on any atom is 0.240 e. The molecule has 164 valence electrons. The maximum atomic E-state index is 13.3. The van der Waals surface area contributed by atoms with Crippen molar-refractivity contribution in [2.24, 2.45) is 0 Å². The van der Waals surface area contributed by atoms with Gasteiger partial charge in [0.15, 0.2) is 0 Å². The molecule has 8 heteroatoms. The Hall–Kier alpha value is -3.81. The minimum absolute atomic E-state index is 0.0845. The van der Waals surface area contributed by atoms with E-state index < -0.39 is 0 Å². The third-order valence-corrected chi connectivity index (χ3v) is 5.10. The van der Waals surface area contributed by atoms with E-state index in [9.17, 15) is 9.18 Å². The predicted molar refractivity (Wildman–Crippen MR) is 120 cm³/mol. The van der Waals surface area contributed by atoms with Crippen molar-refractivity contribution in [2.75, 3.05) is 6.54 Å². The number of carbonyl (C=O) groups is 1. The molecule has 0 aliphatic rings. The summed E-state index contributed by atoms with van der Waals surface area (Å²) in [6, 6.07) is 12.0. The first-order valence-corrected chi connectivity index (χ1v) is 10.5. The molecule has 4 aromatic rings. The van der Waals surface area contributed by atoms with Crippen LogP contribution in [-0.2, 0) is 17.9 Å². The molecule has 1 N–H and O–H groups in total. The molecule has 4 rings (SSSR count). The Morgan fingerprint density at radius 1 is 1.12 bits per heavy atom. The van der Waals surface area contributed by atoms with Gasteiger partial charge in [-0.25, -0.2) is 9.37 Å². The topological polar surface area (TPSA) is 77.6 Å². The van der Waals surface area contributed by atoms with Crippen molar-refractivity contribution in [3.63, 3.8) is 0 Å². The number of pyridine rings is 1. The van der Waals surface area contributed by atoms with Crippen molar-refractivity contribution in [3.05, 3.63) is 78.9 Å². The number of hydrogen-bond donors (Lipinski definition) is 1. The Labute approximate surface area is 185 Å². The molecular weight excluding hydrogens is 407 g/mol. The Morgan fingerprint density at radius 2 is 1.94 bits per heavy atom. The van der Waals surface area contributed by atoms with Crippen LogP contribution in [0.15, 0.2) is 67.3 Å². The van der Waals surface area contributed by atoms with Gasteiger partial charge in [-0.1, -0.05) is 13.8 Å². The van der Waals surface area contributed by atoms with Gasteiger partial charge < -0.3 is 9.88 Å².